The highest BCUT2D eigenvalue weighted by atomic mass is 79.9. The molecule has 6 heteroatoms. The maximum absolute atomic E-state index is 12.3. The Labute approximate surface area is 139 Å². The summed E-state index contributed by atoms with van der Waals surface area (Å²) in [6.07, 6.45) is 0. The molecular weight excluding hydrogens is 364 g/mol. The Balaban J connectivity index is 2.15. The third-order valence-electron chi connectivity index (χ3n) is 3.28. The maximum Gasteiger partial charge on any atom is 0.197 e. The zero-order valence-electron chi connectivity index (χ0n) is 12.0. The standard InChI is InChI=1S/C17H13BrO5/c18-5-6-22-12-7-13(20)17-14(21)9-15(23-16(17)8-12)10-1-3-11(19)4-2-10/h1-4,7-9,19-20H,5-6H2. The summed E-state index contributed by atoms with van der Waals surface area (Å²) in [7, 11) is 0. The van der Waals surface area contributed by atoms with E-state index in [0.717, 1.165) is 0 Å². The predicted octanol–water partition coefficient (Wildman–Crippen LogP) is 3.64. The van der Waals surface area contributed by atoms with E-state index in [4.69, 9.17) is 9.15 Å². The lowest BCUT2D eigenvalue weighted by atomic mass is 10.1. The number of hydrogen-bond donors (Lipinski definition) is 2. The van der Waals surface area contributed by atoms with E-state index in [1.165, 1.54) is 24.3 Å². The zero-order valence-corrected chi connectivity index (χ0v) is 13.5. The minimum atomic E-state index is -0.348. The molecule has 3 rings (SSSR count). The number of rotatable bonds is 4. The van der Waals surface area contributed by atoms with Crippen LogP contribution in [0.3, 0.4) is 0 Å². The summed E-state index contributed by atoms with van der Waals surface area (Å²) >= 11 is 3.25. The van der Waals surface area contributed by atoms with Crippen LogP contribution in [0.25, 0.3) is 22.3 Å². The highest BCUT2D eigenvalue weighted by molar-refractivity contribution is 9.09. The SMILES string of the molecule is O=c1cc(-c2ccc(O)cc2)oc2cc(OCCBr)cc(O)c12. The van der Waals surface area contributed by atoms with Crippen LogP contribution in [-0.4, -0.2) is 22.2 Å². The van der Waals surface area contributed by atoms with Crippen molar-refractivity contribution in [2.75, 3.05) is 11.9 Å². The number of ether oxygens (including phenoxy) is 1. The Bertz CT molecular complexity index is 899. The number of phenolic OH excluding ortho intramolecular Hbond substituents is 2. The minimum Gasteiger partial charge on any atom is -0.508 e. The van der Waals surface area contributed by atoms with Gasteiger partial charge in [0.05, 0.1) is 6.61 Å². The molecule has 0 aliphatic rings. The van der Waals surface area contributed by atoms with Gasteiger partial charge in [0.15, 0.2) is 5.43 Å². The van der Waals surface area contributed by atoms with Crippen LogP contribution >= 0.6 is 15.9 Å². The molecule has 0 spiro atoms. The van der Waals surface area contributed by atoms with E-state index in [-0.39, 0.29) is 27.9 Å². The number of benzene rings is 2. The molecule has 0 amide bonds. The second kappa shape index (κ2) is 6.34. The number of alkyl halides is 1. The van der Waals surface area contributed by atoms with Gasteiger partial charge in [-0.3, -0.25) is 4.79 Å². The molecule has 2 N–H and O–H groups in total. The van der Waals surface area contributed by atoms with Crippen LogP contribution in [0.2, 0.25) is 0 Å². The molecule has 1 heterocycles. The van der Waals surface area contributed by atoms with Gasteiger partial charge >= 0.3 is 0 Å². The molecule has 0 aliphatic heterocycles. The van der Waals surface area contributed by atoms with Crippen molar-refractivity contribution >= 4 is 26.9 Å². The lowest BCUT2D eigenvalue weighted by Gasteiger charge is -2.08. The molecule has 0 unspecified atom stereocenters. The van der Waals surface area contributed by atoms with E-state index < -0.39 is 0 Å². The summed E-state index contributed by atoms with van der Waals surface area (Å²) in [6, 6.07) is 10.6. The van der Waals surface area contributed by atoms with Crippen molar-refractivity contribution in [3.8, 4) is 28.6 Å². The van der Waals surface area contributed by atoms with Gasteiger partial charge in [0.1, 0.15) is 34.0 Å². The lowest BCUT2D eigenvalue weighted by molar-refractivity contribution is 0.342. The Morgan fingerprint density at radius 3 is 2.52 bits per heavy atom. The fraction of sp³-hybridized carbons (Fsp3) is 0.118. The first-order valence-corrected chi connectivity index (χ1v) is 7.99. The van der Waals surface area contributed by atoms with Crippen LogP contribution in [0.5, 0.6) is 17.2 Å². The van der Waals surface area contributed by atoms with Gasteiger partial charge in [0.25, 0.3) is 0 Å². The molecule has 3 aromatic rings. The van der Waals surface area contributed by atoms with Gasteiger partial charge in [0.2, 0.25) is 0 Å². The van der Waals surface area contributed by atoms with Gasteiger partial charge in [0, 0.05) is 29.1 Å². The molecule has 5 nitrogen and oxygen atoms in total. The van der Waals surface area contributed by atoms with Crippen LogP contribution in [0.1, 0.15) is 0 Å². The molecule has 0 fully saturated rings. The van der Waals surface area contributed by atoms with Crippen molar-refractivity contribution in [3.63, 3.8) is 0 Å². The van der Waals surface area contributed by atoms with Crippen LogP contribution < -0.4 is 10.2 Å². The summed E-state index contributed by atoms with van der Waals surface area (Å²) in [5.74, 6) is 0.707. The normalized spacial score (nSPS) is 10.8. The van der Waals surface area contributed by atoms with Crippen molar-refractivity contribution < 1.29 is 19.4 Å². The fourth-order valence-electron chi connectivity index (χ4n) is 2.25. The van der Waals surface area contributed by atoms with Crippen molar-refractivity contribution in [2.45, 2.75) is 0 Å². The number of aromatic hydroxyl groups is 2. The summed E-state index contributed by atoms with van der Waals surface area (Å²) in [5, 5.41) is 20.1. The molecule has 0 saturated heterocycles. The Hall–Kier alpha value is -2.47. The smallest absolute Gasteiger partial charge is 0.197 e. The Morgan fingerprint density at radius 2 is 1.83 bits per heavy atom. The molecule has 0 bridgehead atoms. The second-order valence-electron chi connectivity index (χ2n) is 4.87. The first-order valence-electron chi connectivity index (χ1n) is 6.87. The average Bonchev–Trinajstić information content (AvgIpc) is 2.52. The summed E-state index contributed by atoms with van der Waals surface area (Å²) < 4.78 is 11.2. The number of hydrogen-bond acceptors (Lipinski definition) is 5. The van der Waals surface area contributed by atoms with Gasteiger partial charge in [-0.1, -0.05) is 15.9 Å². The molecule has 2 aromatic carbocycles. The molecule has 23 heavy (non-hydrogen) atoms. The number of fused-ring (bicyclic) bond motifs is 1. The first-order chi connectivity index (χ1) is 11.1. The van der Waals surface area contributed by atoms with Crippen LogP contribution in [0.4, 0.5) is 0 Å². The monoisotopic (exact) mass is 376 g/mol. The Kier molecular flexibility index (Phi) is 4.25. The van der Waals surface area contributed by atoms with Gasteiger partial charge in [-0.05, 0) is 24.3 Å². The van der Waals surface area contributed by atoms with E-state index in [0.29, 0.717) is 29.0 Å². The molecule has 0 atom stereocenters. The van der Waals surface area contributed by atoms with Crippen LogP contribution in [-0.2, 0) is 0 Å². The summed E-state index contributed by atoms with van der Waals surface area (Å²) in [4.78, 5) is 12.3. The highest BCUT2D eigenvalue weighted by Gasteiger charge is 2.13. The molecule has 0 saturated carbocycles. The molecular formula is C17H13BrO5. The third kappa shape index (κ3) is 3.17. The molecule has 0 radical (unpaired) electrons. The molecule has 1 aromatic heterocycles. The highest BCUT2D eigenvalue weighted by Crippen LogP contribution is 2.31. The summed E-state index contributed by atoms with van der Waals surface area (Å²) in [5.41, 5.74) is 0.539. The Morgan fingerprint density at radius 1 is 1.09 bits per heavy atom. The van der Waals surface area contributed by atoms with Gasteiger partial charge in [-0.2, -0.15) is 0 Å². The van der Waals surface area contributed by atoms with E-state index >= 15 is 0 Å². The quantitative estimate of drug-likeness (QED) is 0.679. The minimum absolute atomic E-state index is 0.110. The van der Waals surface area contributed by atoms with Crippen molar-refractivity contribution in [1.29, 1.82) is 0 Å². The van der Waals surface area contributed by atoms with Gasteiger partial charge in [-0.15, -0.1) is 0 Å². The second-order valence-corrected chi connectivity index (χ2v) is 5.67. The van der Waals surface area contributed by atoms with E-state index in [9.17, 15) is 15.0 Å². The molecule has 0 aliphatic carbocycles. The third-order valence-corrected chi connectivity index (χ3v) is 3.60. The average molecular weight is 377 g/mol. The lowest BCUT2D eigenvalue weighted by Crippen LogP contribution is -2.02. The van der Waals surface area contributed by atoms with E-state index in [1.807, 2.05) is 0 Å². The largest absolute Gasteiger partial charge is 0.508 e. The van der Waals surface area contributed by atoms with Crippen LogP contribution in [0.15, 0.2) is 51.7 Å². The molecule has 118 valence electrons. The van der Waals surface area contributed by atoms with Crippen molar-refractivity contribution in [2.24, 2.45) is 0 Å². The predicted molar refractivity (Wildman–Crippen MR) is 90.5 cm³/mol. The van der Waals surface area contributed by atoms with E-state index in [1.54, 1.807) is 18.2 Å². The van der Waals surface area contributed by atoms with Crippen molar-refractivity contribution in [3.05, 3.63) is 52.7 Å². The van der Waals surface area contributed by atoms with Crippen molar-refractivity contribution in [1.82, 2.24) is 0 Å². The zero-order chi connectivity index (χ0) is 16.4. The van der Waals surface area contributed by atoms with Gasteiger partial charge in [-0.25, -0.2) is 0 Å². The summed E-state index contributed by atoms with van der Waals surface area (Å²) in [6.45, 7) is 0.423. The fourth-order valence-corrected chi connectivity index (χ4v) is 2.41. The number of halogens is 1. The first kappa shape index (κ1) is 15.4. The van der Waals surface area contributed by atoms with E-state index in [2.05, 4.69) is 15.9 Å². The number of phenols is 2. The topological polar surface area (TPSA) is 79.9 Å². The maximum atomic E-state index is 12.3. The van der Waals surface area contributed by atoms with Crippen LogP contribution in [0, 0.1) is 0 Å². The van der Waals surface area contributed by atoms with Gasteiger partial charge < -0.3 is 19.4 Å².